The molecule has 0 heterocycles. The second-order valence-corrected chi connectivity index (χ2v) is 20.6. The van der Waals surface area contributed by atoms with Crippen molar-refractivity contribution in [2.45, 2.75) is 264 Å². The average Bonchev–Trinajstić information content (AvgIpc) is 3.46. The maximum Gasteiger partial charge on any atom is 0.306 e. The van der Waals surface area contributed by atoms with E-state index in [4.69, 9.17) is 14.2 Å². The van der Waals surface area contributed by atoms with Gasteiger partial charge in [0.05, 0.1) is 0 Å². The summed E-state index contributed by atoms with van der Waals surface area (Å²) in [7, 11) is 0. The van der Waals surface area contributed by atoms with E-state index in [0.717, 1.165) is 154 Å². The lowest BCUT2D eigenvalue weighted by Crippen LogP contribution is -2.30. The van der Waals surface area contributed by atoms with Crippen LogP contribution in [0.5, 0.6) is 0 Å². The maximum absolute atomic E-state index is 12.9. The molecule has 448 valence electrons. The lowest BCUT2D eigenvalue weighted by atomic mass is 10.0. The molecule has 0 saturated carbocycles. The molecule has 0 spiro atoms. The first-order valence-electron chi connectivity index (χ1n) is 32.1. The monoisotopic (exact) mass is 1100 g/mol. The van der Waals surface area contributed by atoms with Gasteiger partial charge in [0.25, 0.3) is 0 Å². The van der Waals surface area contributed by atoms with Crippen molar-refractivity contribution in [3.63, 3.8) is 0 Å². The molecule has 0 radical (unpaired) electrons. The van der Waals surface area contributed by atoms with E-state index < -0.39 is 6.10 Å². The summed E-state index contributed by atoms with van der Waals surface area (Å²) in [6.07, 6.45) is 97.9. The van der Waals surface area contributed by atoms with E-state index in [9.17, 15) is 14.4 Å². The highest BCUT2D eigenvalue weighted by atomic mass is 16.6. The Kier molecular flexibility index (Phi) is 61.9. The molecule has 0 aromatic carbocycles. The predicted octanol–water partition coefficient (Wildman–Crippen LogP) is 22.3. The zero-order valence-corrected chi connectivity index (χ0v) is 51.3. The van der Waals surface area contributed by atoms with Crippen molar-refractivity contribution in [1.29, 1.82) is 0 Å². The summed E-state index contributed by atoms with van der Waals surface area (Å²) in [4.78, 5) is 38.3. The van der Waals surface area contributed by atoms with Gasteiger partial charge in [-0.25, -0.2) is 0 Å². The number of ether oxygens (including phenoxy) is 3. The van der Waals surface area contributed by atoms with Crippen LogP contribution in [0.15, 0.2) is 170 Å². The molecule has 0 amide bonds. The van der Waals surface area contributed by atoms with Gasteiger partial charge in [0.2, 0.25) is 0 Å². The van der Waals surface area contributed by atoms with E-state index in [2.05, 4.69) is 191 Å². The van der Waals surface area contributed by atoms with Crippen molar-refractivity contribution in [3.05, 3.63) is 170 Å². The van der Waals surface area contributed by atoms with Crippen molar-refractivity contribution in [2.24, 2.45) is 0 Å². The van der Waals surface area contributed by atoms with E-state index >= 15 is 0 Å². The Morgan fingerprint density at radius 2 is 0.500 bits per heavy atom. The summed E-state index contributed by atoms with van der Waals surface area (Å²) in [5.74, 6) is -0.998. The SMILES string of the molecule is CC/C=C\C/C=C\C/C=C\C/C=C\C/C=C\C/C=C\C/C=C\CCCCCCCC(=O)OCC(COC(=O)CCCCCCCCCCCCCC)OC(=O)CCC/C=C\C/C=C\C/C=C\C/C=C\C/C=C\C/C=C\C/C=C\CC. The lowest BCUT2D eigenvalue weighted by molar-refractivity contribution is -0.167. The summed E-state index contributed by atoms with van der Waals surface area (Å²) < 4.78 is 16.8. The van der Waals surface area contributed by atoms with Crippen LogP contribution in [0, 0.1) is 0 Å². The van der Waals surface area contributed by atoms with Crippen LogP contribution in [0.1, 0.15) is 258 Å². The molecule has 6 heteroatoms. The normalized spacial score (nSPS) is 13.3. The van der Waals surface area contributed by atoms with Crippen LogP contribution in [-0.2, 0) is 28.6 Å². The molecule has 0 aliphatic heterocycles. The molecule has 0 N–H and O–H groups in total. The summed E-state index contributed by atoms with van der Waals surface area (Å²) in [6, 6.07) is 0. The highest BCUT2D eigenvalue weighted by Gasteiger charge is 2.19. The highest BCUT2D eigenvalue weighted by Crippen LogP contribution is 2.14. The lowest BCUT2D eigenvalue weighted by Gasteiger charge is -2.18. The predicted molar refractivity (Wildman–Crippen MR) is 348 cm³/mol. The van der Waals surface area contributed by atoms with Crippen LogP contribution in [0.3, 0.4) is 0 Å². The average molecular weight is 1100 g/mol. The zero-order valence-electron chi connectivity index (χ0n) is 51.3. The fourth-order valence-corrected chi connectivity index (χ4v) is 8.23. The Morgan fingerprint density at radius 1 is 0.263 bits per heavy atom. The van der Waals surface area contributed by atoms with Crippen LogP contribution in [0.4, 0.5) is 0 Å². The molecule has 0 aliphatic rings. The first kappa shape index (κ1) is 74.8. The molecular formula is C74H116O6. The first-order chi connectivity index (χ1) is 39.5. The van der Waals surface area contributed by atoms with Gasteiger partial charge in [-0.05, 0) is 128 Å². The summed E-state index contributed by atoms with van der Waals surface area (Å²) in [5.41, 5.74) is 0. The number of allylic oxidation sites excluding steroid dienone is 28. The van der Waals surface area contributed by atoms with Gasteiger partial charge in [-0.15, -0.1) is 0 Å². The third-order valence-electron chi connectivity index (χ3n) is 13.0. The van der Waals surface area contributed by atoms with Gasteiger partial charge in [-0.3, -0.25) is 14.4 Å². The van der Waals surface area contributed by atoms with E-state index in [1.165, 1.54) is 57.8 Å². The summed E-state index contributed by atoms with van der Waals surface area (Å²) in [5, 5.41) is 0. The molecule has 80 heavy (non-hydrogen) atoms. The minimum atomic E-state index is -0.826. The molecule has 0 aliphatic carbocycles. The van der Waals surface area contributed by atoms with E-state index in [0.29, 0.717) is 19.3 Å². The fraction of sp³-hybridized carbons (Fsp3) is 0.581. The van der Waals surface area contributed by atoms with Gasteiger partial charge in [0.1, 0.15) is 13.2 Å². The first-order valence-corrected chi connectivity index (χ1v) is 32.1. The quantitative estimate of drug-likeness (QED) is 0.0261. The largest absolute Gasteiger partial charge is 0.462 e. The number of unbranched alkanes of at least 4 members (excludes halogenated alkanes) is 17. The Balaban J connectivity index is 4.49. The third-order valence-corrected chi connectivity index (χ3v) is 13.0. The summed E-state index contributed by atoms with van der Waals surface area (Å²) >= 11 is 0. The molecule has 0 aromatic heterocycles. The fourth-order valence-electron chi connectivity index (χ4n) is 8.23. The van der Waals surface area contributed by atoms with Crippen LogP contribution in [-0.4, -0.2) is 37.2 Å². The van der Waals surface area contributed by atoms with E-state index in [1.807, 2.05) is 0 Å². The second-order valence-electron chi connectivity index (χ2n) is 20.6. The molecule has 0 rings (SSSR count). The van der Waals surface area contributed by atoms with Gasteiger partial charge in [0, 0.05) is 19.3 Å². The van der Waals surface area contributed by atoms with Gasteiger partial charge in [-0.2, -0.15) is 0 Å². The van der Waals surface area contributed by atoms with E-state index in [1.54, 1.807) is 0 Å². The van der Waals surface area contributed by atoms with Crippen LogP contribution in [0.25, 0.3) is 0 Å². The highest BCUT2D eigenvalue weighted by molar-refractivity contribution is 5.71. The number of hydrogen-bond acceptors (Lipinski definition) is 6. The molecule has 6 nitrogen and oxygen atoms in total. The number of carbonyl (C=O) groups is 3. The van der Waals surface area contributed by atoms with Crippen LogP contribution >= 0.6 is 0 Å². The Bertz CT molecular complexity index is 1840. The maximum atomic E-state index is 12.9. The molecular weight excluding hydrogens is 985 g/mol. The minimum Gasteiger partial charge on any atom is -0.462 e. The van der Waals surface area contributed by atoms with Crippen molar-refractivity contribution < 1.29 is 28.6 Å². The Morgan fingerprint density at radius 3 is 0.800 bits per heavy atom. The van der Waals surface area contributed by atoms with Crippen molar-refractivity contribution in [1.82, 2.24) is 0 Å². The number of esters is 3. The van der Waals surface area contributed by atoms with Crippen molar-refractivity contribution in [2.75, 3.05) is 13.2 Å². The topological polar surface area (TPSA) is 78.9 Å². The minimum absolute atomic E-state index is 0.113. The standard InChI is InChI=1S/C74H116O6/c1-4-7-10-13-16-19-22-25-27-29-31-33-35-36-37-38-40-41-43-45-47-49-52-55-58-61-64-67-73(76)79-70-71(69-78-72(75)66-63-60-57-54-51-24-21-18-15-12-9-6-3)80-74(77)68-65-62-59-56-53-50-48-46-44-42-39-34-32-30-28-26-23-20-17-14-11-8-5-2/h7-8,10-11,16-17,19-20,25-28,31-34,36-37,40-42,44-45,47-48,50,56,59,71H,4-6,9,12-15,18,21-24,29-30,35,38-39,43,46,49,51-55,57-58,60-70H2,1-3H3/b10-7-,11-8-,19-16-,20-17-,27-25-,28-26-,33-31-,34-32-,37-36-,41-40-,44-42-,47-45-,50-48-,59-56-. The molecule has 0 aromatic rings. The van der Waals surface area contributed by atoms with Crippen molar-refractivity contribution >= 4 is 17.9 Å². The van der Waals surface area contributed by atoms with Gasteiger partial charge in [0.15, 0.2) is 6.10 Å². The van der Waals surface area contributed by atoms with E-state index in [-0.39, 0.29) is 37.5 Å². The summed E-state index contributed by atoms with van der Waals surface area (Å²) in [6.45, 7) is 6.34. The molecule has 0 bridgehead atoms. The van der Waals surface area contributed by atoms with Crippen LogP contribution in [0.2, 0.25) is 0 Å². The Hall–Kier alpha value is -5.23. The van der Waals surface area contributed by atoms with Gasteiger partial charge in [-0.1, -0.05) is 281 Å². The molecule has 0 fully saturated rings. The Labute approximate surface area is 492 Å². The smallest absolute Gasteiger partial charge is 0.306 e. The second kappa shape index (κ2) is 66.3. The number of carbonyl (C=O) groups excluding carboxylic acids is 3. The zero-order chi connectivity index (χ0) is 57.8. The molecule has 1 atom stereocenters. The third kappa shape index (κ3) is 63.6. The van der Waals surface area contributed by atoms with Crippen LogP contribution < -0.4 is 0 Å². The van der Waals surface area contributed by atoms with Gasteiger partial charge < -0.3 is 14.2 Å². The number of rotatable bonds is 56. The molecule has 0 saturated heterocycles. The number of hydrogen-bond donors (Lipinski definition) is 0. The van der Waals surface area contributed by atoms with Gasteiger partial charge >= 0.3 is 17.9 Å². The van der Waals surface area contributed by atoms with Crippen molar-refractivity contribution in [3.8, 4) is 0 Å². The molecule has 1 unspecified atom stereocenters.